The fourth-order valence-corrected chi connectivity index (χ4v) is 4.36. The molecule has 1 aliphatic heterocycles. The largest absolute Gasteiger partial charge is 0.484 e. The second-order valence-corrected chi connectivity index (χ2v) is 10.00. The molecule has 1 atom stereocenters. The lowest BCUT2D eigenvalue weighted by atomic mass is 10.1. The Morgan fingerprint density at radius 1 is 0.846 bits per heavy atom. The van der Waals surface area contributed by atoms with Crippen molar-refractivity contribution in [2.75, 3.05) is 32.9 Å². The van der Waals surface area contributed by atoms with Gasteiger partial charge in [-0.15, -0.1) is 0 Å². The molecule has 0 saturated carbocycles. The van der Waals surface area contributed by atoms with Crippen molar-refractivity contribution in [3.63, 3.8) is 0 Å². The van der Waals surface area contributed by atoms with Gasteiger partial charge in [0.1, 0.15) is 17.2 Å². The van der Waals surface area contributed by atoms with E-state index in [4.69, 9.17) is 30.1 Å². The predicted octanol–water partition coefficient (Wildman–Crippen LogP) is 4.06. The molecule has 0 radical (unpaired) electrons. The molecule has 4 rings (SSSR count). The SMILES string of the molecule is O=C(COc1ccc(Oc2ccc(Cl)cc2)cc1)NCCOP(=O)(O)OCCN1C(=O)c2ccccc2C1=O. The highest BCUT2D eigenvalue weighted by Crippen LogP contribution is 2.42. The number of amides is 3. The van der Waals surface area contributed by atoms with Crippen LogP contribution in [0.2, 0.25) is 5.02 Å². The van der Waals surface area contributed by atoms with Crippen LogP contribution in [0, 0.1) is 0 Å². The van der Waals surface area contributed by atoms with E-state index in [1.54, 1.807) is 60.7 Å². The molecule has 3 aromatic carbocycles. The second kappa shape index (κ2) is 12.9. The highest BCUT2D eigenvalue weighted by atomic mass is 35.5. The van der Waals surface area contributed by atoms with E-state index in [1.165, 1.54) is 12.1 Å². The molecule has 3 aromatic rings. The maximum absolute atomic E-state index is 12.3. The summed E-state index contributed by atoms with van der Waals surface area (Å²) in [5.41, 5.74) is 0.539. The summed E-state index contributed by atoms with van der Waals surface area (Å²) in [7, 11) is -4.47. The highest BCUT2D eigenvalue weighted by Gasteiger charge is 2.35. The topological polar surface area (TPSA) is 141 Å². The van der Waals surface area contributed by atoms with Crippen LogP contribution in [-0.2, 0) is 18.4 Å². The molecule has 3 amide bonds. The molecule has 0 bridgehead atoms. The Bertz CT molecular complexity index is 1350. The van der Waals surface area contributed by atoms with Crippen LogP contribution in [0.25, 0.3) is 0 Å². The van der Waals surface area contributed by atoms with Gasteiger partial charge in [-0.05, 0) is 60.7 Å². The Kier molecular flexibility index (Phi) is 9.34. The number of hydrogen-bond donors (Lipinski definition) is 2. The van der Waals surface area contributed by atoms with Crippen molar-refractivity contribution in [1.82, 2.24) is 10.2 Å². The third-order valence-electron chi connectivity index (χ3n) is 5.37. The van der Waals surface area contributed by atoms with Crippen LogP contribution in [0.3, 0.4) is 0 Å². The molecule has 0 aromatic heterocycles. The standard InChI is InChI=1S/C26H24ClN2O9P/c27-18-5-7-20(8-6-18)38-21-11-9-19(10-12-21)35-17-24(30)28-13-15-36-39(33,34)37-16-14-29-25(31)22-3-1-2-4-23(22)26(29)32/h1-12H,13-17H2,(H,28,30)(H,33,34). The zero-order valence-electron chi connectivity index (χ0n) is 20.4. The summed E-state index contributed by atoms with van der Waals surface area (Å²) in [6.45, 7) is -1.30. The number of nitrogens with zero attached hydrogens (tertiary/aromatic N) is 1. The second-order valence-electron chi connectivity index (χ2n) is 8.11. The van der Waals surface area contributed by atoms with Crippen molar-refractivity contribution in [1.29, 1.82) is 0 Å². The summed E-state index contributed by atoms with van der Waals surface area (Å²) in [4.78, 5) is 47.3. The van der Waals surface area contributed by atoms with Crippen molar-refractivity contribution in [3.05, 3.63) is 88.9 Å². The first-order chi connectivity index (χ1) is 18.7. The van der Waals surface area contributed by atoms with E-state index >= 15 is 0 Å². The molecule has 39 heavy (non-hydrogen) atoms. The number of carbonyl (C=O) groups excluding carboxylic acids is 3. The van der Waals surface area contributed by atoms with Crippen molar-refractivity contribution in [2.24, 2.45) is 0 Å². The normalized spacial score (nSPS) is 14.1. The minimum Gasteiger partial charge on any atom is -0.484 e. The van der Waals surface area contributed by atoms with Gasteiger partial charge in [-0.3, -0.25) is 28.3 Å². The van der Waals surface area contributed by atoms with Crippen molar-refractivity contribution in [3.8, 4) is 17.2 Å². The average Bonchev–Trinajstić information content (AvgIpc) is 3.17. The first-order valence-corrected chi connectivity index (χ1v) is 13.6. The van der Waals surface area contributed by atoms with Gasteiger partial charge in [0.05, 0.1) is 30.9 Å². The third kappa shape index (κ3) is 7.89. The molecule has 0 fully saturated rings. The Balaban J connectivity index is 1.10. The lowest BCUT2D eigenvalue weighted by molar-refractivity contribution is -0.123. The maximum Gasteiger partial charge on any atom is 0.472 e. The Labute approximate surface area is 228 Å². The first kappa shape index (κ1) is 28.3. The Morgan fingerprint density at radius 2 is 1.38 bits per heavy atom. The summed E-state index contributed by atoms with van der Waals surface area (Å²) in [5.74, 6) is 0.163. The number of hydrogen-bond acceptors (Lipinski definition) is 8. The highest BCUT2D eigenvalue weighted by molar-refractivity contribution is 7.47. The quantitative estimate of drug-likeness (QED) is 0.176. The molecule has 0 saturated heterocycles. The maximum atomic E-state index is 12.3. The number of benzene rings is 3. The summed E-state index contributed by atoms with van der Waals surface area (Å²) < 4.78 is 32.8. The lowest BCUT2D eigenvalue weighted by Gasteiger charge is -2.16. The molecule has 2 N–H and O–H groups in total. The van der Waals surface area contributed by atoms with E-state index in [9.17, 15) is 23.8 Å². The number of carbonyl (C=O) groups is 3. The molecule has 1 heterocycles. The molecular formula is C26H24ClN2O9P. The average molecular weight is 575 g/mol. The fourth-order valence-electron chi connectivity index (χ4n) is 3.52. The predicted molar refractivity (Wildman–Crippen MR) is 140 cm³/mol. The fraction of sp³-hybridized carbons (Fsp3) is 0.192. The van der Waals surface area contributed by atoms with Gasteiger partial charge in [0.15, 0.2) is 6.61 Å². The zero-order chi connectivity index (χ0) is 27.8. The van der Waals surface area contributed by atoms with E-state index in [0.29, 0.717) is 22.3 Å². The van der Waals surface area contributed by atoms with Crippen LogP contribution in [0.15, 0.2) is 72.8 Å². The molecule has 13 heteroatoms. The Morgan fingerprint density at radius 3 is 2.00 bits per heavy atom. The van der Waals surface area contributed by atoms with Gasteiger partial charge >= 0.3 is 7.82 Å². The molecule has 1 unspecified atom stereocenters. The van der Waals surface area contributed by atoms with Crippen LogP contribution in [0.4, 0.5) is 0 Å². The van der Waals surface area contributed by atoms with Crippen LogP contribution in [0.1, 0.15) is 20.7 Å². The van der Waals surface area contributed by atoms with Gasteiger partial charge < -0.3 is 19.7 Å². The number of fused-ring (bicyclic) bond motifs is 1. The lowest BCUT2D eigenvalue weighted by Crippen LogP contribution is -2.33. The number of halogens is 1. The van der Waals surface area contributed by atoms with E-state index in [2.05, 4.69) is 5.32 Å². The van der Waals surface area contributed by atoms with Crippen LogP contribution < -0.4 is 14.8 Å². The number of ether oxygens (including phenoxy) is 2. The zero-order valence-corrected chi connectivity index (χ0v) is 22.1. The number of imide groups is 1. The Hall–Kier alpha value is -3.73. The molecule has 0 spiro atoms. The number of nitrogens with one attached hydrogen (secondary N) is 1. The summed E-state index contributed by atoms with van der Waals surface area (Å²) in [6.07, 6.45) is 0. The van der Waals surface area contributed by atoms with Crippen molar-refractivity contribution < 1.29 is 42.4 Å². The summed E-state index contributed by atoms with van der Waals surface area (Å²) in [6, 6.07) is 19.9. The van der Waals surface area contributed by atoms with Crippen LogP contribution in [0.5, 0.6) is 17.2 Å². The van der Waals surface area contributed by atoms with Crippen molar-refractivity contribution >= 4 is 37.1 Å². The van der Waals surface area contributed by atoms with Crippen LogP contribution in [-0.4, -0.2) is 60.4 Å². The van der Waals surface area contributed by atoms with Crippen LogP contribution >= 0.6 is 19.4 Å². The molecule has 11 nitrogen and oxygen atoms in total. The smallest absolute Gasteiger partial charge is 0.472 e. The third-order valence-corrected chi connectivity index (χ3v) is 6.64. The van der Waals surface area contributed by atoms with Gasteiger partial charge in [0.25, 0.3) is 17.7 Å². The van der Waals surface area contributed by atoms with E-state index in [1.807, 2.05) is 0 Å². The van der Waals surface area contributed by atoms with E-state index in [0.717, 1.165) is 4.90 Å². The first-order valence-electron chi connectivity index (χ1n) is 11.7. The van der Waals surface area contributed by atoms with Crippen molar-refractivity contribution in [2.45, 2.75) is 0 Å². The van der Waals surface area contributed by atoms with Gasteiger partial charge in [-0.1, -0.05) is 23.7 Å². The van der Waals surface area contributed by atoms with Gasteiger partial charge in [0.2, 0.25) is 0 Å². The van der Waals surface area contributed by atoms with Gasteiger partial charge in [0, 0.05) is 11.6 Å². The molecule has 1 aliphatic rings. The molecule has 204 valence electrons. The monoisotopic (exact) mass is 574 g/mol. The summed E-state index contributed by atoms with van der Waals surface area (Å²) >= 11 is 5.85. The molecular weight excluding hydrogens is 551 g/mol. The van der Waals surface area contributed by atoms with Gasteiger partial charge in [-0.25, -0.2) is 4.57 Å². The number of phosphoric acid groups is 1. The van der Waals surface area contributed by atoms with Gasteiger partial charge in [-0.2, -0.15) is 0 Å². The van der Waals surface area contributed by atoms with E-state index < -0.39 is 32.2 Å². The van der Waals surface area contributed by atoms with E-state index in [-0.39, 0.29) is 37.4 Å². The minimum atomic E-state index is -4.47. The number of rotatable bonds is 13. The minimum absolute atomic E-state index is 0.0810. The number of phosphoric ester groups is 1. The summed E-state index contributed by atoms with van der Waals surface area (Å²) in [5, 5.41) is 3.09. The molecule has 0 aliphatic carbocycles.